The molecule has 5 nitrogen and oxygen atoms in total. The number of carboxylic acid groups (broad SMARTS) is 1. The second kappa shape index (κ2) is 6.95. The van der Waals surface area contributed by atoms with Gasteiger partial charge in [0, 0.05) is 11.5 Å². The first-order valence-electron chi connectivity index (χ1n) is 6.52. The molecule has 1 unspecified atom stereocenters. The Bertz CT molecular complexity index is 498. The molecule has 0 heterocycles. The third-order valence-corrected chi connectivity index (χ3v) is 3.78. The standard InChI is InChI=1S/C15H21NO4S/c1-14(2,3)20-13(19)15(16,12(17)18)10-21-9-11-7-5-4-6-8-11/h4-8H,9-10,16H2,1-3H3,(H,17,18). The zero-order valence-electron chi connectivity index (χ0n) is 12.5. The molecule has 0 bridgehead atoms. The molecule has 0 aromatic heterocycles. The van der Waals surface area contributed by atoms with Crippen molar-refractivity contribution in [2.24, 2.45) is 5.73 Å². The van der Waals surface area contributed by atoms with E-state index in [1.165, 1.54) is 11.8 Å². The summed E-state index contributed by atoms with van der Waals surface area (Å²) in [5, 5.41) is 9.26. The number of nitrogens with two attached hydrogens (primary N) is 1. The first-order chi connectivity index (χ1) is 9.65. The number of esters is 1. The summed E-state index contributed by atoms with van der Waals surface area (Å²) in [5.41, 5.74) is 3.99. The van der Waals surface area contributed by atoms with Crippen LogP contribution in [-0.2, 0) is 20.1 Å². The maximum atomic E-state index is 12.0. The van der Waals surface area contributed by atoms with Crippen molar-refractivity contribution >= 4 is 23.7 Å². The number of rotatable bonds is 6. The summed E-state index contributed by atoms with van der Waals surface area (Å²) < 4.78 is 5.11. The van der Waals surface area contributed by atoms with Crippen LogP contribution in [0.3, 0.4) is 0 Å². The first kappa shape index (κ1) is 17.5. The fourth-order valence-corrected chi connectivity index (χ4v) is 2.57. The van der Waals surface area contributed by atoms with Gasteiger partial charge in [0.25, 0.3) is 0 Å². The summed E-state index contributed by atoms with van der Waals surface area (Å²) in [7, 11) is 0. The lowest BCUT2D eigenvalue weighted by molar-refractivity contribution is -0.167. The molecule has 3 N–H and O–H groups in total. The third-order valence-electron chi connectivity index (χ3n) is 2.59. The van der Waals surface area contributed by atoms with Crippen LogP contribution >= 0.6 is 11.8 Å². The van der Waals surface area contributed by atoms with E-state index >= 15 is 0 Å². The van der Waals surface area contributed by atoms with Crippen LogP contribution in [0.4, 0.5) is 0 Å². The highest BCUT2D eigenvalue weighted by molar-refractivity contribution is 7.98. The molecule has 6 heteroatoms. The molecule has 0 saturated carbocycles. The van der Waals surface area contributed by atoms with E-state index in [0.717, 1.165) is 5.56 Å². The molecule has 1 aromatic rings. The molecule has 0 spiro atoms. The minimum absolute atomic E-state index is 0.0495. The van der Waals surface area contributed by atoms with Gasteiger partial charge in [-0.3, -0.25) is 0 Å². The molecule has 1 atom stereocenters. The molecule has 116 valence electrons. The van der Waals surface area contributed by atoms with Gasteiger partial charge in [-0.05, 0) is 26.3 Å². The van der Waals surface area contributed by atoms with E-state index in [9.17, 15) is 14.7 Å². The molecule has 21 heavy (non-hydrogen) atoms. The van der Waals surface area contributed by atoms with Crippen molar-refractivity contribution in [2.75, 3.05) is 5.75 Å². The SMILES string of the molecule is CC(C)(C)OC(=O)C(N)(CSCc1ccccc1)C(=O)O. The quantitative estimate of drug-likeness (QED) is 0.617. The minimum Gasteiger partial charge on any atom is -0.479 e. The second-order valence-corrected chi connectivity index (χ2v) is 6.74. The summed E-state index contributed by atoms with van der Waals surface area (Å²) in [6.45, 7) is 5.01. The zero-order valence-corrected chi connectivity index (χ0v) is 13.3. The number of hydrogen-bond donors (Lipinski definition) is 2. The average Bonchev–Trinajstić information content (AvgIpc) is 2.37. The lowest BCUT2D eigenvalue weighted by Crippen LogP contribution is -2.59. The molecule has 0 aliphatic rings. The van der Waals surface area contributed by atoms with E-state index in [1.54, 1.807) is 20.8 Å². The van der Waals surface area contributed by atoms with Crippen LogP contribution < -0.4 is 5.73 Å². The highest BCUT2D eigenvalue weighted by Gasteiger charge is 2.45. The van der Waals surface area contributed by atoms with Gasteiger partial charge in [0.05, 0.1) is 0 Å². The average molecular weight is 311 g/mol. The lowest BCUT2D eigenvalue weighted by Gasteiger charge is -2.27. The van der Waals surface area contributed by atoms with E-state index in [4.69, 9.17) is 10.5 Å². The topological polar surface area (TPSA) is 89.6 Å². The van der Waals surface area contributed by atoms with Crippen molar-refractivity contribution in [3.05, 3.63) is 35.9 Å². The lowest BCUT2D eigenvalue weighted by atomic mass is 10.0. The zero-order chi connectivity index (χ0) is 16.1. The molecule has 0 fully saturated rings. The molecular weight excluding hydrogens is 290 g/mol. The Balaban J connectivity index is 2.68. The van der Waals surface area contributed by atoms with Crippen molar-refractivity contribution in [1.82, 2.24) is 0 Å². The Hall–Kier alpha value is -1.53. The van der Waals surface area contributed by atoms with Crippen LogP contribution in [-0.4, -0.2) is 33.9 Å². The normalized spacial score (nSPS) is 14.3. The van der Waals surface area contributed by atoms with Gasteiger partial charge in [0.15, 0.2) is 0 Å². The van der Waals surface area contributed by atoms with Gasteiger partial charge in [0.2, 0.25) is 5.54 Å². The van der Waals surface area contributed by atoms with Crippen molar-refractivity contribution in [1.29, 1.82) is 0 Å². The maximum absolute atomic E-state index is 12.0. The van der Waals surface area contributed by atoms with Gasteiger partial charge in [-0.15, -0.1) is 0 Å². The molecule has 0 aliphatic heterocycles. The van der Waals surface area contributed by atoms with Gasteiger partial charge in [0.1, 0.15) is 5.60 Å². The number of hydrogen-bond acceptors (Lipinski definition) is 5. The summed E-state index contributed by atoms with van der Waals surface area (Å²) in [5.74, 6) is -1.76. The Morgan fingerprint density at radius 2 is 1.81 bits per heavy atom. The van der Waals surface area contributed by atoms with E-state index in [0.29, 0.717) is 5.75 Å². The third kappa shape index (κ3) is 5.40. The number of carboxylic acids is 1. The number of carbonyl (C=O) groups excluding carboxylic acids is 1. The van der Waals surface area contributed by atoms with Crippen molar-refractivity contribution in [3.8, 4) is 0 Å². The van der Waals surface area contributed by atoms with E-state index in [1.807, 2.05) is 30.3 Å². The largest absolute Gasteiger partial charge is 0.479 e. The van der Waals surface area contributed by atoms with Crippen molar-refractivity contribution in [2.45, 2.75) is 37.7 Å². The smallest absolute Gasteiger partial charge is 0.339 e. The van der Waals surface area contributed by atoms with Crippen LogP contribution in [0.15, 0.2) is 30.3 Å². The van der Waals surface area contributed by atoms with Crippen LogP contribution in [0, 0.1) is 0 Å². The Labute approximate surface area is 128 Å². The molecule has 0 amide bonds. The van der Waals surface area contributed by atoms with Crippen LogP contribution in [0.2, 0.25) is 0 Å². The highest BCUT2D eigenvalue weighted by atomic mass is 32.2. The summed E-state index contributed by atoms with van der Waals surface area (Å²) in [6.07, 6.45) is 0. The predicted molar refractivity (Wildman–Crippen MR) is 83.0 cm³/mol. The summed E-state index contributed by atoms with van der Waals surface area (Å²) in [6, 6.07) is 9.56. The number of ether oxygens (including phenoxy) is 1. The van der Waals surface area contributed by atoms with Crippen LogP contribution in [0.1, 0.15) is 26.3 Å². The number of aliphatic carboxylic acids is 1. The molecule has 0 saturated heterocycles. The van der Waals surface area contributed by atoms with Gasteiger partial charge in [-0.2, -0.15) is 11.8 Å². The number of benzene rings is 1. The van der Waals surface area contributed by atoms with Gasteiger partial charge < -0.3 is 15.6 Å². The molecule has 1 aromatic carbocycles. The molecule has 0 aliphatic carbocycles. The highest BCUT2D eigenvalue weighted by Crippen LogP contribution is 2.20. The van der Waals surface area contributed by atoms with Crippen LogP contribution in [0.25, 0.3) is 0 Å². The van der Waals surface area contributed by atoms with E-state index in [2.05, 4.69) is 0 Å². The molecular formula is C15H21NO4S. The number of thioether (sulfide) groups is 1. The van der Waals surface area contributed by atoms with E-state index in [-0.39, 0.29) is 5.75 Å². The van der Waals surface area contributed by atoms with Crippen LogP contribution in [0.5, 0.6) is 0 Å². The maximum Gasteiger partial charge on any atom is 0.339 e. The van der Waals surface area contributed by atoms with Gasteiger partial charge in [-0.1, -0.05) is 30.3 Å². The van der Waals surface area contributed by atoms with Gasteiger partial charge in [-0.25, -0.2) is 9.59 Å². The number of carbonyl (C=O) groups is 2. The Morgan fingerprint density at radius 1 is 1.24 bits per heavy atom. The minimum atomic E-state index is -2.03. The van der Waals surface area contributed by atoms with Gasteiger partial charge >= 0.3 is 11.9 Å². The van der Waals surface area contributed by atoms with Crippen molar-refractivity contribution < 1.29 is 19.4 Å². The molecule has 0 radical (unpaired) electrons. The predicted octanol–water partition coefficient (Wildman–Crippen LogP) is 2.04. The fraction of sp³-hybridized carbons (Fsp3) is 0.467. The molecule has 1 rings (SSSR count). The van der Waals surface area contributed by atoms with E-state index < -0.39 is 23.1 Å². The second-order valence-electron chi connectivity index (χ2n) is 5.76. The monoisotopic (exact) mass is 311 g/mol. The Kier molecular flexibility index (Phi) is 5.80. The summed E-state index contributed by atoms with van der Waals surface area (Å²) in [4.78, 5) is 23.4. The van der Waals surface area contributed by atoms with Crippen molar-refractivity contribution in [3.63, 3.8) is 0 Å². The fourth-order valence-electron chi connectivity index (χ4n) is 1.48. The Morgan fingerprint density at radius 3 is 2.29 bits per heavy atom. The first-order valence-corrected chi connectivity index (χ1v) is 7.68. The summed E-state index contributed by atoms with van der Waals surface area (Å²) >= 11 is 1.29.